The second-order valence-corrected chi connectivity index (χ2v) is 8.25. The summed E-state index contributed by atoms with van der Waals surface area (Å²) in [5.74, 6) is 0.664. The summed E-state index contributed by atoms with van der Waals surface area (Å²) in [5, 5.41) is 3.45. The molecular formula is C12H24N2O2S. The van der Waals surface area contributed by atoms with E-state index in [0.29, 0.717) is 23.5 Å². The van der Waals surface area contributed by atoms with E-state index in [9.17, 15) is 8.42 Å². The number of piperidine rings is 1. The van der Waals surface area contributed by atoms with Crippen LogP contribution >= 0.6 is 0 Å². The molecule has 0 aromatic heterocycles. The fraction of sp³-hybridized carbons (Fsp3) is 1.00. The molecule has 2 aliphatic heterocycles. The molecule has 0 aliphatic carbocycles. The Labute approximate surface area is 105 Å². The van der Waals surface area contributed by atoms with E-state index in [1.54, 1.807) is 0 Å². The molecule has 0 aromatic carbocycles. The molecule has 2 fully saturated rings. The van der Waals surface area contributed by atoms with Gasteiger partial charge in [-0.1, -0.05) is 6.92 Å². The number of nitrogens with zero attached hydrogens (tertiary/aromatic N) is 1. The largest absolute Gasteiger partial charge is 0.316 e. The molecule has 0 amide bonds. The second-order valence-electron chi connectivity index (χ2n) is 6.02. The first-order valence-electron chi connectivity index (χ1n) is 6.55. The predicted octanol–water partition coefficient (Wildman–Crippen LogP) is 0.495. The van der Waals surface area contributed by atoms with Gasteiger partial charge in [0.2, 0.25) is 0 Å². The molecule has 4 nitrogen and oxygen atoms in total. The lowest BCUT2D eigenvalue weighted by atomic mass is 9.82. The van der Waals surface area contributed by atoms with Crippen LogP contribution in [0.15, 0.2) is 0 Å². The Kier molecular flexibility index (Phi) is 3.80. The van der Waals surface area contributed by atoms with E-state index in [-0.39, 0.29) is 6.04 Å². The fourth-order valence-electron chi connectivity index (χ4n) is 3.01. The molecule has 1 N–H and O–H groups in total. The lowest BCUT2D eigenvalue weighted by Gasteiger charge is -2.42. The fourth-order valence-corrected chi connectivity index (χ4v) is 4.64. The number of hydrogen-bond acceptors (Lipinski definition) is 4. The minimum Gasteiger partial charge on any atom is -0.316 e. The molecule has 2 atom stereocenters. The lowest BCUT2D eigenvalue weighted by molar-refractivity contribution is 0.112. The zero-order valence-electron chi connectivity index (χ0n) is 10.9. The molecule has 5 heteroatoms. The zero-order valence-corrected chi connectivity index (χ0v) is 11.7. The molecule has 2 rings (SSSR count). The molecule has 2 aliphatic rings. The summed E-state index contributed by atoms with van der Waals surface area (Å²) in [5.41, 5.74) is 0.313. The highest BCUT2D eigenvalue weighted by atomic mass is 32.2. The first-order chi connectivity index (χ1) is 7.90. The zero-order chi connectivity index (χ0) is 12.5. The summed E-state index contributed by atoms with van der Waals surface area (Å²) in [6.07, 6.45) is 2.48. The van der Waals surface area contributed by atoms with Crippen LogP contribution in [0.4, 0.5) is 0 Å². The summed E-state index contributed by atoms with van der Waals surface area (Å²) in [7, 11) is -2.78. The number of sulfone groups is 1. The average molecular weight is 260 g/mol. The van der Waals surface area contributed by atoms with Crippen molar-refractivity contribution in [3.63, 3.8) is 0 Å². The van der Waals surface area contributed by atoms with Gasteiger partial charge in [0.05, 0.1) is 11.5 Å². The Morgan fingerprint density at radius 3 is 2.82 bits per heavy atom. The molecule has 2 unspecified atom stereocenters. The Morgan fingerprint density at radius 1 is 1.47 bits per heavy atom. The van der Waals surface area contributed by atoms with Crippen molar-refractivity contribution in [2.24, 2.45) is 5.41 Å². The predicted molar refractivity (Wildman–Crippen MR) is 69.9 cm³/mol. The summed E-state index contributed by atoms with van der Waals surface area (Å²) < 4.78 is 23.1. The van der Waals surface area contributed by atoms with E-state index in [1.807, 2.05) is 6.92 Å². The van der Waals surface area contributed by atoms with Gasteiger partial charge in [0.15, 0.2) is 9.84 Å². The van der Waals surface area contributed by atoms with E-state index in [2.05, 4.69) is 17.1 Å². The van der Waals surface area contributed by atoms with Gasteiger partial charge in [-0.05, 0) is 31.7 Å². The van der Waals surface area contributed by atoms with Gasteiger partial charge < -0.3 is 5.32 Å². The maximum Gasteiger partial charge on any atom is 0.153 e. The maximum absolute atomic E-state index is 11.5. The summed E-state index contributed by atoms with van der Waals surface area (Å²) >= 11 is 0. The van der Waals surface area contributed by atoms with Crippen LogP contribution in [-0.4, -0.2) is 57.0 Å². The van der Waals surface area contributed by atoms with Crippen molar-refractivity contribution in [3.05, 3.63) is 0 Å². The molecule has 0 saturated carbocycles. The summed E-state index contributed by atoms with van der Waals surface area (Å²) in [6, 6.07) is 0.174. The SMILES string of the molecule is CC1CS(=O)(=O)CCN1CC1(C)CCCNC1. The van der Waals surface area contributed by atoms with E-state index in [0.717, 1.165) is 19.6 Å². The van der Waals surface area contributed by atoms with Crippen LogP contribution in [-0.2, 0) is 9.84 Å². The third-order valence-corrected chi connectivity index (χ3v) is 5.87. The van der Waals surface area contributed by atoms with Crippen molar-refractivity contribution in [1.82, 2.24) is 10.2 Å². The van der Waals surface area contributed by atoms with Crippen molar-refractivity contribution in [3.8, 4) is 0 Å². The highest BCUT2D eigenvalue weighted by molar-refractivity contribution is 7.91. The van der Waals surface area contributed by atoms with Crippen LogP contribution < -0.4 is 5.32 Å². The molecule has 17 heavy (non-hydrogen) atoms. The Hall–Kier alpha value is -0.130. The molecule has 2 saturated heterocycles. The van der Waals surface area contributed by atoms with E-state index in [1.165, 1.54) is 12.8 Å². The van der Waals surface area contributed by atoms with Gasteiger partial charge >= 0.3 is 0 Å². The Balaban J connectivity index is 1.95. The Bertz CT molecular complexity index is 361. The van der Waals surface area contributed by atoms with E-state index < -0.39 is 9.84 Å². The molecule has 2 heterocycles. The highest BCUT2D eigenvalue weighted by Gasteiger charge is 2.34. The van der Waals surface area contributed by atoms with Crippen LogP contribution in [0.1, 0.15) is 26.7 Å². The maximum atomic E-state index is 11.5. The van der Waals surface area contributed by atoms with E-state index >= 15 is 0 Å². The van der Waals surface area contributed by atoms with Crippen molar-refractivity contribution >= 4 is 9.84 Å². The molecular weight excluding hydrogens is 236 g/mol. The standard InChI is InChI=1S/C12H24N2O2S/c1-11-8-17(15,16)7-6-14(11)10-12(2)4-3-5-13-9-12/h11,13H,3-10H2,1-2H3. The monoisotopic (exact) mass is 260 g/mol. The third-order valence-electron chi connectivity index (χ3n) is 4.08. The van der Waals surface area contributed by atoms with Crippen molar-refractivity contribution in [2.75, 3.05) is 37.7 Å². The van der Waals surface area contributed by atoms with Gasteiger partial charge in [0.25, 0.3) is 0 Å². The van der Waals surface area contributed by atoms with Gasteiger partial charge in [-0.15, -0.1) is 0 Å². The highest BCUT2D eigenvalue weighted by Crippen LogP contribution is 2.28. The van der Waals surface area contributed by atoms with Crippen LogP contribution in [0.5, 0.6) is 0 Å². The van der Waals surface area contributed by atoms with Gasteiger partial charge in [-0.3, -0.25) is 4.90 Å². The quantitative estimate of drug-likeness (QED) is 0.785. The first kappa shape index (κ1) is 13.3. The number of hydrogen-bond donors (Lipinski definition) is 1. The lowest BCUT2D eigenvalue weighted by Crippen LogP contribution is -2.53. The Morgan fingerprint density at radius 2 is 2.24 bits per heavy atom. The van der Waals surface area contributed by atoms with Crippen LogP contribution in [0.3, 0.4) is 0 Å². The van der Waals surface area contributed by atoms with Crippen LogP contribution in [0.2, 0.25) is 0 Å². The van der Waals surface area contributed by atoms with Gasteiger partial charge in [0, 0.05) is 25.7 Å². The second kappa shape index (κ2) is 4.86. The van der Waals surface area contributed by atoms with Gasteiger partial charge in [-0.25, -0.2) is 8.42 Å². The van der Waals surface area contributed by atoms with Crippen LogP contribution in [0, 0.1) is 5.41 Å². The van der Waals surface area contributed by atoms with Crippen molar-refractivity contribution in [1.29, 1.82) is 0 Å². The summed E-state index contributed by atoms with van der Waals surface area (Å²) in [6.45, 7) is 8.27. The number of nitrogens with one attached hydrogen (secondary N) is 1. The average Bonchev–Trinajstić information content (AvgIpc) is 2.23. The first-order valence-corrected chi connectivity index (χ1v) is 8.38. The molecule has 0 bridgehead atoms. The molecule has 100 valence electrons. The van der Waals surface area contributed by atoms with Gasteiger partial charge in [0.1, 0.15) is 0 Å². The normalized spacial score (nSPS) is 39.1. The number of rotatable bonds is 2. The third kappa shape index (κ3) is 3.42. The molecule has 0 spiro atoms. The smallest absolute Gasteiger partial charge is 0.153 e. The topological polar surface area (TPSA) is 49.4 Å². The minimum atomic E-state index is -2.78. The molecule has 0 aromatic rings. The van der Waals surface area contributed by atoms with Crippen molar-refractivity contribution in [2.45, 2.75) is 32.7 Å². The summed E-state index contributed by atoms with van der Waals surface area (Å²) in [4.78, 5) is 2.36. The van der Waals surface area contributed by atoms with E-state index in [4.69, 9.17) is 0 Å². The van der Waals surface area contributed by atoms with Gasteiger partial charge in [-0.2, -0.15) is 0 Å². The van der Waals surface area contributed by atoms with Crippen molar-refractivity contribution < 1.29 is 8.42 Å². The molecule has 0 radical (unpaired) electrons. The van der Waals surface area contributed by atoms with Crippen LogP contribution in [0.25, 0.3) is 0 Å². The minimum absolute atomic E-state index is 0.174.